The van der Waals surface area contributed by atoms with E-state index in [2.05, 4.69) is 10.4 Å². The fraction of sp³-hybridized carbons (Fsp3) is 0.158. The highest BCUT2D eigenvalue weighted by Crippen LogP contribution is 2.24. The summed E-state index contributed by atoms with van der Waals surface area (Å²) in [6.45, 7) is 2.46. The van der Waals surface area contributed by atoms with Crippen LogP contribution in [-0.2, 0) is 0 Å². The van der Waals surface area contributed by atoms with Gasteiger partial charge in [-0.3, -0.25) is 14.9 Å². The first-order valence-corrected chi connectivity index (χ1v) is 8.38. The van der Waals surface area contributed by atoms with E-state index in [-0.39, 0.29) is 11.6 Å². The summed E-state index contributed by atoms with van der Waals surface area (Å²) in [6.07, 6.45) is 0.783. The molecule has 2 aromatic carbocycles. The molecule has 1 N–H and O–H groups in total. The second-order valence-corrected chi connectivity index (χ2v) is 5.86. The van der Waals surface area contributed by atoms with E-state index in [1.54, 1.807) is 18.2 Å². The van der Waals surface area contributed by atoms with Crippen molar-refractivity contribution in [2.24, 2.45) is 0 Å². The third-order valence-electron chi connectivity index (χ3n) is 3.92. The maximum absolute atomic E-state index is 13.2. The predicted octanol–water partition coefficient (Wildman–Crippen LogP) is 3.73. The number of carbonyl (C=O) groups excluding carboxylic acids is 1. The van der Waals surface area contributed by atoms with Crippen molar-refractivity contribution in [3.05, 3.63) is 76.2 Å². The third-order valence-corrected chi connectivity index (χ3v) is 3.92. The van der Waals surface area contributed by atoms with Gasteiger partial charge in [-0.1, -0.05) is 6.92 Å². The summed E-state index contributed by atoms with van der Waals surface area (Å²) in [5, 5.41) is 18.1. The topological polar surface area (TPSA) is 90.1 Å². The molecule has 0 radical (unpaired) electrons. The highest BCUT2D eigenvalue weighted by molar-refractivity contribution is 5.94. The first kappa shape index (κ1) is 18.2. The van der Waals surface area contributed by atoms with Crippen LogP contribution < -0.4 is 5.32 Å². The maximum atomic E-state index is 13.2. The summed E-state index contributed by atoms with van der Waals surface area (Å²) >= 11 is 0. The molecule has 0 unspecified atom stereocenters. The Bertz CT molecular complexity index is 966. The molecule has 0 fully saturated rings. The fourth-order valence-electron chi connectivity index (χ4n) is 2.55. The molecule has 7 nitrogen and oxygen atoms in total. The molecule has 3 rings (SSSR count). The number of nitrogens with zero attached hydrogens (tertiary/aromatic N) is 3. The molecule has 138 valence electrons. The van der Waals surface area contributed by atoms with E-state index in [1.165, 1.54) is 41.1 Å². The van der Waals surface area contributed by atoms with Gasteiger partial charge in [-0.15, -0.1) is 0 Å². The SMILES string of the molecule is CCCNC(=O)c1cc(-c2ccc([N+](=O)[O-])cc2)nn1-c1ccc(F)cc1. The fourth-order valence-corrected chi connectivity index (χ4v) is 2.55. The number of non-ortho nitro benzene ring substituents is 1. The number of nitro groups is 1. The lowest BCUT2D eigenvalue weighted by Gasteiger charge is -2.07. The predicted molar refractivity (Wildman–Crippen MR) is 98.2 cm³/mol. The average Bonchev–Trinajstić information content (AvgIpc) is 3.12. The number of carbonyl (C=O) groups is 1. The Morgan fingerprint density at radius 2 is 1.85 bits per heavy atom. The van der Waals surface area contributed by atoms with Gasteiger partial charge in [0.15, 0.2) is 0 Å². The maximum Gasteiger partial charge on any atom is 0.270 e. The smallest absolute Gasteiger partial charge is 0.270 e. The standard InChI is InChI=1S/C19H17FN4O3/c1-2-11-21-19(25)18-12-17(13-3-7-16(8-4-13)24(26)27)22-23(18)15-9-5-14(20)6-10-15/h3-10,12H,2,11H2,1H3,(H,21,25). The van der Waals surface area contributed by atoms with Gasteiger partial charge in [-0.25, -0.2) is 9.07 Å². The van der Waals surface area contributed by atoms with Crippen LogP contribution in [0.3, 0.4) is 0 Å². The Hall–Kier alpha value is -3.55. The number of amides is 1. The largest absolute Gasteiger partial charge is 0.351 e. The molecular formula is C19H17FN4O3. The van der Waals surface area contributed by atoms with Crippen molar-refractivity contribution < 1.29 is 14.1 Å². The average molecular weight is 368 g/mol. The van der Waals surface area contributed by atoms with Crippen LogP contribution in [0.2, 0.25) is 0 Å². The summed E-state index contributed by atoms with van der Waals surface area (Å²) in [5.74, 6) is -0.694. The van der Waals surface area contributed by atoms with Crippen molar-refractivity contribution in [3.63, 3.8) is 0 Å². The van der Waals surface area contributed by atoms with E-state index in [0.29, 0.717) is 29.2 Å². The minimum absolute atomic E-state index is 0.0300. The molecular weight excluding hydrogens is 351 g/mol. The van der Waals surface area contributed by atoms with Gasteiger partial charge in [0.1, 0.15) is 11.5 Å². The molecule has 0 spiro atoms. The van der Waals surface area contributed by atoms with Gasteiger partial charge in [-0.05, 0) is 48.9 Å². The van der Waals surface area contributed by atoms with Crippen molar-refractivity contribution in [3.8, 4) is 16.9 Å². The molecule has 0 bridgehead atoms. The van der Waals surface area contributed by atoms with Crippen LogP contribution in [0.1, 0.15) is 23.8 Å². The molecule has 8 heteroatoms. The molecule has 0 saturated carbocycles. The molecule has 0 atom stereocenters. The zero-order valence-electron chi connectivity index (χ0n) is 14.6. The highest BCUT2D eigenvalue weighted by atomic mass is 19.1. The number of benzene rings is 2. The third kappa shape index (κ3) is 4.00. The van der Waals surface area contributed by atoms with E-state index in [9.17, 15) is 19.3 Å². The first-order valence-electron chi connectivity index (χ1n) is 8.38. The molecule has 0 saturated heterocycles. The Balaban J connectivity index is 2.04. The van der Waals surface area contributed by atoms with Crippen molar-refractivity contribution in [2.45, 2.75) is 13.3 Å². The summed E-state index contributed by atoms with van der Waals surface area (Å²) in [5.41, 5.74) is 1.91. The first-order chi connectivity index (χ1) is 13.0. The molecule has 1 amide bonds. The van der Waals surface area contributed by atoms with Crippen molar-refractivity contribution in [1.82, 2.24) is 15.1 Å². The van der Waals surface area contributed by atoms with Crippen LogP contribution in [0.5, 0.6) is 0 Å². The summed E-state index contributed by atoms with van der Waals surface area (Å²) in [6, 6.07) is 13.1. The quantitative estimate of drug-likeness (QED) is 0.530. The number of halogens is 1. The van der Waals surface area contributed by atoms with Gasteiger partial charge >= 0.3 is 0 Å². The van der Waals surface area contributed by atoms with E-state index in [0.717, 1.165) is 6.42 Å². The Labute approximate surface area is 154 Å². The molecule has 1 heterocycles. The summed E-state index contributed by atoms with van der Waals surface area (Å²) < 4.78 is 14.7. The van der Waals surface area contributed by atoms with Crippen LogP contribution in [0.15, 0.2) is 54.6 Å². The van der Waals surface area contributed by atoms with Gasteiger partial charge in [-0.2, -0.15) is 5.10 Å². The summed E-state index contributed by atoms with van der Waals surface area (Å²) in [7, 11) is 0. The van der Waals surface area contributed by atoms with Crippen LogP contribution in [0.4, 0.5) is 10.1 Å². The zero-order valence-corrected chi connectivity index (χ0v) is 14.6. The van der Waals surface area contributed by atoms with Gasteiger partial charge in [0.2, 0.25) is 0 Å². The summed E-state index contributed by atoms with van der Waals surface area (Å²) in [4.78, 5) is 22.8. The van der Waals surface area contributed by atoms with Crippen LogP contribution in [-0.4, -0.2) is 27.2 Å². The molecule has 1 aromatic heterocycles. The zero-order chi connectivity index (χ0) is 19.4. The normalized spacial score (nSPS) is 10.6. The van der Waals surface area contributed by atoms with Crippen molar-refractivity contribution in [2.75, 3.05) is 6.54 Å². The number of rotatable bonds is 6. The Morgan fingerprint density at radius 1 is 1.19 bits per heavy atom. The number of hydrogen-bond acceptors (Lipinski definition) is 4. The number of nitro benzene ring substituents is 1. The second-order valence-electron chi connectivity index (χ2n) is 5.86. The van der Waals surface area contributed by atoms with Crippen LogP contribution >= 0.6 is 0 Å². The highest BCUT2D eigenvalue weighted by Gasteiger charge is 2.18. The van der Waals surface area contributed by atoms with Gasteiger partial charge in [0.05, 0.1) is 16.3 Å². The van der Waals surface area contributed by atoms with Gasteiger partial charge < -0.3 is 5.32 Å². The molecule has 0 aliphatic rings. The lowest BCUT2D eigenvalue weighted by atomic mass is 10.1. The van der Waals surface area contributed by atoms with Crippen LogP contribution in [0, 0.1) is 15.9 Å². The van der Waals surface area contributed by atoms with Crippen molar-refractivity contribution in [1.29, 1.82) is 0 Å². The molecule has 0 aliphatic heterocycles. The lowest BCUT2D eigenvalue weighted by molar-refractivity contribution is -0.384. The molecule has 27 heavy (non-hydrogen) atoms. The minimum Gasteiger partial charge on any atom is -0.351 e. The van der Waals surface area contributed by atoms with E-state index in [1.807, 2.05) is 6.92 Å². The van der Waals surface area contributed by atoms with Gasteiger partial charge in [0.25, 0.3) is 11.6 Å². The Morgan fingerprint density at radius 3 is 2.44 bits per heavy atom. The number of hydrogen-bond donors (Lipinski definition) is 1. The van der Waals surface area contributed by atoms with Crippen LogP contribution in [0.25, 0.3) is 16.9 Å². The van der Waals surface area contributed by atoms with Crippen molar-refractivity contribution >= 4 is 11.6 Å². The van der Waals surface area contributed by atoms with Gasteiger partial charge in [0, 0.05) is 24.2 Å². The number of aromatic nitrogens is 2. The minimum atomic E-state index is -0.482. The lowest BCUT2D eigenvalue weighted by Crippen LogP contribution is -2.26. The Kier molecular flexibility index (Phi) is 5.25. The van der Waals surface area contributed by atoms with E-state index in [4.69, 9.17) is 0 Å². The van der Waals surface area contributed by atoms with E-state index >= 15 is 0 Å². The second kappa shape index (κ2) is 7.77. The monoisotopic (exact) mass is 368 g/mol. The van der Waals surface area contributed by atoms with E-state index < -0.39 is 10.7 Å². The molecule has 3 aromatic rings. The molecule has 0 aliphatic carbocycles. The number of nitrogens with one attached hydrogen (secondary N) is 1.